The maximum atomic E-state index is 8.86. The van der Waals surface area contributed by atoms with Gasteiger partial charge in [-0.1, -0.05) is 13.8 Å². The zero-order chi connectivity index (χ0) is 10.6. The van der Waals surface area contributed by atoms with E-state index in [1.807, 2.05) is 11.9 Å². The van der Waals surface area contributed by atoms with Crippen molar-refractivity contribution in [1.82, 2.24) is 10.2 Å². The van der Waals surface area contributed by atoms with E-state index in [0.717, 1.165) is 6.54 Å². The standard InChI is InChI=1S/C10H14N4/c1-8(2)7-14(3)10-9(6-11)4-5-12-13-10/h4-5,8H,7H2,1-3H3. The number of aromatic nitrogens is 2. The summed E-state index contributed by atoms with van der Waals surface area (Å²) in [5.41, 5.74) is 0.572. The minimum atomic E-state index is 0.536. The van der Waals surface area contributed by atoms with Gasteiger partial charge in [0.05, 0.1) is 11.8 Å². The third-order valence-electron chi connectivity index (χ3n) is 1.82. The van der Waals surface area contributed by atoms with Crippen molar-refractivity contribution in [1.29, 1.82) is 5.26 Å². The van der Waals surface area contributed by atoms with Gasteiger partial charge in [-0.05, 0) is 12.0 Å². The minimum absolute atomic E-state index is 0.536. The van der Waals surface area contributed by atoms with Crippen molar-refractivity contribution < 1.29 is 0 Å². The lowest BCUT2D eigenvalue weighted by atomic mass is 10.2. The molecule has 1 aromatic heterocycles. The zero-order valence-electron chi connectivity index (χ0n) is 8.73. The highest BCUT2D eigenvalue weighted by molar-refractivity contribution is 5.51. The molecule has 1 rings (SSSR count). The molecule has 0 saturated carbocycles. The van der Waals surface area contributed by atoms with Crippen LogP contribution in [-0.2, 0) is 0 Å². The fourth-order valence-corrected chi connectivity index (χ4v) is 1.33. The topological polar surface area (TPSA) is 52.8 Å². The Kier molecular flexibility index (Phi) is 3.41. The van der Waals surface area contributed by atoms with Crippen LogP contribution in [-0.4, -0.2) is 23.8 Å². The summed E-state index contributed by atoms with van der Waals surface area (Å²) in [5.74, 6) is 1.19. The highest BCUT2D eigenvalue weighted by Crippen LogP contribution is 2.14. The molecule has 0 atom stereocenters. The van der Waals surface area contributed by atoms with E-state index in [1.54, 1.807) is 6.07 Å². The lowest BCUT2D eigenvalue weighted by Gasteiger charge is -2.20. The highest BCUT2D eigenvalue weighted by Gasteiger charge is 2.09. The fraction of sp³-hybridized carbons (Fsp3) is 0.500. The molecule has 74 valence electrons. The van der Waals surface area contributed by atoms with E-state index in [-0.39, 0.29) is 0 Å². The quantitative estimate of drug-likeness (QED) is 0.723. The predicted molar refractivity (Wildman–Crippen MR) is 54.9 cm³/mol. The van der Waals surface area contributed by atoms with Crippen molar-refractivity contribution in [3.63, 3.8) is 0 Å². The van der Waals surface area contributed by atoms with Gasteiger partial charge in [0.2, 0.25) is 0 Å². The van der Waals surface area contributed by atoms with Crippen molar-refractivity contribution in [2.45, 2.75) is 13.8 Å². The lowest BCUT2D eigenvalue weighted by Crippen LogP contribution is -2.24. The summed E-state index contributed by atoms with van der Waals surface area (Å²) in [7, 11) is 1.92. The van der Waals surface area contributed by atoms with E-state index in [0.29, 0.717) is 17.3 Å². The molecule has 1 aromatic rings. The normalized spacial score (nSPS) is 9.93. The molecule has 0 radical (unpaired) electrons. The summed E-state index contributed by atoms with van der Waals surface area (Å²) < 4.78 is 0. The molecular weight excluding hydrogens is 176 g/mol. The molecule has 0 aliphatic rings. The van der Waals surface area contributed by atoms with E-state index in [4.69, 9.17) is 5.26 Å². The van der Waals surface area contributed by atoms with Gasteiger partial charge >= 0.3 is 0 Å². The van der Waals surface area contributed by atoms with Crippen molar-refractivity contribution in [2.24, 2.45) is 5.92 Å². The summed E-state index contributed by atoms with van der Waals surface area (Å²) in [5, 5.41) is 16.6. The Morgan fingerprint density at radius 1 is 1.57 bits per heavy atom. The van der Waals surface area contributed by atoms with Crippen LogP contribution >= 0.6 is 0 Å². The molecule has 0 aromatic carbocycles. The molecule has 0 spiro atoms. The van der Waals surface area contributed by atoms with Crippen molar-refractivity contribution in [2.75, 3.05) is 18.5 Å². The van der Waals surface area contributed by atoms with Gasteiger partial charge in [0.25, 0.3) is 0 Å². The molecular formula is C10H14N4. The van der Waals surface area contributed by atoms with Crippen LogP contribution in [0.3, 0.4) is 0 Å². The van der Waals surface area contributed by atoms with Gasteiger partial charge in [0, 0.05) is 13.6 Å². The molecule has 0 amide bonds. The first-order chi connectivity index (χ1) is 6.65. The van der Waals surface area contributed by atoms with Crippen LogP contribution in [0.2, 0.25) is 0 Å². The Labute approximate surface area is 84.2 Å². The zero-order valence-corrected chi connectivity index (χ0v) is 8.73. The van der Waals surface area contributed by atoms with Gasteiger partial charge in [-0.15, -0.1) is 5.10 Å². The van der Waals surface area contributed by atoms with Gasteiger partial charge in [0.15, 0.2) is 5.82 Å². The average Bonchev–Trinajstić information content (AvgIpc) is 2.16. The SMILES string of the molecule is CC(C)CN(C)c1nnccc1C#N. The van der Waals surface area contributed by atoms with E-state index in [9.17, 15) is 0 Å². The number of hydrogen-bond acceptors (Lipinski definition) is 4. The van der Waals surface area contributed by atoms with Gasteiger partial charge < -0.3 is 4.90 Å². The lowest BCUT2D eigenvalue weighted by molar-refractivity contribution is 0.632. The van der Waals surface area contributed by atoms with E-state index >= 15 is 0 Å². The first kappa shape index (κ1) is 10.5. The highest BCUT2D eigenvalue weighted by atomic mass is 15.2. The van der Waals surface area contributed by atoms with Crippen LogP contribution in [0, 0.1) is 17.2 Å². The van der Waals surface area contributed by atoms with Crippen LogP contribution in [0.4, 0.5) is 5.82 Å². The number of nitriles is 1. The fourth-order valence-electron chi connectivity index (χ4n) is 1.33. The molecule has 0 unspecified atom stereocenters. The smallest absolute Gasteiger partial charge is 0.168 e. The molecule has 0 aliphatic carbocycles. The Morgan fingerprint density at radius 3 is 2.86 bits per heavy atom. The van der Waals surface area contributed by atoms with Crippen LogP contribution in [0.1, 0.15) is 19.4 Å². The first-order valence-corrected chi connectivity index (χ1v) is 4.58. The minimum Gasteiger partial charge on any atom is -0.357 e. The first-order valence-electron chi connectivity index (χ1n) is 4.58. The number of rotatable bonds is 3. The van der Waals surface area contributed by atoms with Gasteiger partial charge in [-0.25, -0.2) is 0 Å². The summed E-state index contributed by atoms with van der Waals surface area (Å²) in [6.45, 7) is 5.12. The Hall–Kier alpha value is -1.63. The molecule has 4 heteroatoms. The maximum absolute atomic E-state index is 8.86. The maximum Gasteiger partial charge on any atom is 0.168 e. The second kappa shape index (κ2) is 4.56. The molecule has 1 heterocycles. The molecule has 4 nitrogen and oxygen atoms in total. The summed E-state index contributed by atoms with van der Waals surface area (Å²) in [6.07, 6.45) is 1.53. The van der Waals surface area contributed by atoms with Gasteiger partial charge in [-0.2, -0.15) is 10.4 Å². The third kappa shape index (κ3) is 2.43. The second-order valence-corrected chi connectivity index (χ2v) is 3.65. The average molecular weight is 190 g/mol. The molecule has 0 N–H and O–H groups in total. The van der Waals surface area contributed by atoms with Crippen molar-refractivity contribution >= 4 is 5.82 Å². The predicted octanol–water partition coefficient (Wildman–Crippen LogP) is 1.44. The van der Waals surface area contributed by atoms with E-state index in [2.05, 4.69) is 30.1 Å². The van der Waals surface area contributed by atoms with Crippen molar-refractivity contribution in [3.05, 3.63) is 17.8 Å². The molecule has 14 heavy (non-hydrogen) atoms. The summed E-state index contributed by atoms with van der Waals surface area (Å²) in [4.78, 5) is 1.95. The molecule has 0 saturated heterocycles. The van der Waals surface area contributed by atoms with E-state index in [1.165, 1.54) is 6.20 Å². The Bertz CT molecular complexity index is 340. The monoisotopic (exact) mass is 190 g/mol. The summed E-state index contributed by atoms with van der Waals surface area (Å²) >= 11 is 0. The number of nitrogens with zero attached hydrogens (tertiary/aromatic N) is 4. The van der Waals surface area contributed by atoms with Crippen molar-refractivity contribution in [3.8, 4) is 6.07 Å². The van der Waals surface area contributed by atoms with Crippen LogP contribution in [0.5, 0.6) is 0 Å². The third-order valence-corrected chi connectivity index (χ3v) is 1.82. The van der Waals surface area contributed by atoms with Crippen LogP contribution in [0.15, 0.2) is 12.3 Å². The molecule has 0 aliphatic heterocycles. The number of anilines is 1. The Morgan fingerprint density at radius 2 is 2.29 bits per heavy atom. The van der Waals surface area contributed by atoms with Gasteiger partial charge in [-0.3, -0.25) is 0 Å². The molecule has 0 fully saturated rings. The molecule has 0 bridgehead atoms. The van der Waals surface area contributed by atoms with E-state index < -0.39 is 0 Å². The summed E-state index contributed by atoms with van der Waals surface area (Å²) in [6, 6.07) is 3.79. The van der Waals surface area contributed by atoms with Crippen LogP contribution < -0.4 is 4.90 Å². The Balaban J connectivity index is 2.89. The second-order valence-electron chi connectivity index (χ2n) is 3.65. The van der Waals surface area contributed by atoms with Crippen LogP contribution in [0.25, 0.3) is 0 Å². The largest absolute Gasteiger partial charge is 0.357 e. The van der Waals surface area contributed by atoms with Gasteiger partial charge in [0.1, 0.15) is 6.07 Å². The number of hydrogen-bond donors (Lipinski definition) is 0.